The lowest BCUT2D eigenvalue weighted by Crippen LogP contribution is -2.01. The van der Waals surface area contributed by atoms with Crippen LogP contribution in [0, 0.1) is 10.1 Å². The number of fused-ring (bicyclic) bond motifs is 1. The van der Waals surface area contributed by atoms with E-state index < -0.39 is 4.92 Å². The number of aromatic amines is 1. The Kier molecular flexibility index (Phi) is 3.46. The normalized spacial score (nSPS) is 11.0. The lowest BCUT2D eigenvalue weighted by Gasteiger charge is -2.11. The van der Waals surface area contributed by atoms with Gasteiger partial charge in [0.05, 0.1) is 11.0 Å². The molecular formula is C15H14N4O3. The number of nitrogens with one attached hydrogen (secondary N) is 1. The van der Waals surface area contributed by atoms with Crippen LogP contribution in [0.2, 0.25) is 0 Å². The number of hydrogen-bond acceptors (Lipinski definition) is 5. The van der Waals surface area contributed by atoms with Gasteiger partial charge in [0.15, 0.2) is 5.65 Å². The molecule has 0 bridgehead atoms. The molecule has 112 valence electrons. The van der Waals surface area contributed by atoms with Crippen molar-refractivity contribution < 1.29 is 9.66 Å². The first-order chi connectivity index (χ1) is 10.5. The number of H-pyrrole nitrogens is 1. The number of nitro groups is 1. The largest absolute Gasteiger partial charge is 0.437 e. The minimum absolute atomic E-state index is 0.0284. The van der Waals surface area contributed by atoms with Gasteiger partial charge in [0.2, 0.25) is 5.88 Å². The molecule has 0 saturated carbocycles. The summed E-state index contributed by atoms with van der Waals surface area (Å²) >= 11 is 0. The van der Waals surface area contributed by atoms with E-state index in [0.717, 1.165) is 0 Å². The van der Waals surface area contributed by atoms with Crippen LogP contribution in [0.4, 0.5) is 5.69 Å². The van der Waals surface area contributed by atoms with Crippen molar-refractivity contribution >= 4 is 16.9 Å². The Morgan fingerprint density at radius 2 is 2.09 bits per heavy atom. The van der Waals surface area contributed by atoms with Crippen LogP contribution in [0.15, 0.2) is 36.5 Å². The molecule has 3 rings (SSSR count). The number of hydrogen-bond donors (Lipinski definition) is 1. The van der Waals surface area contributed by atoms with E-state index in [4.69, 9.17) is 4.74 Å². The number of rotatable bonds is 4. The second-order valence-corrected chi connectivity index (χ2v) is 5.14. The topological polar surface area (TPSA) is 93.9 Å². The van der Waals surface area contributed by atoms with E-state index in [1.165, 1.54) is 12.1 Å². The molecule has 7 heteroatoms. The Morgan fingerprint density at radius 1 is 1.27 bits per heavy atom. The molecule has 22 heavy (non-hydrogen) atoms. The Labute approximate surface area is 126 Å². The Balaban J connectivity index is 2.03. The zero-order chi connectivity index (χ0) is 15.7. The van der Waals surface area contributed by atoms with Gasteiger partial charge in [-0.1, -0.05) is 19.9 Å². The summed E-state index contributed by atoms with van der Waals surface area (Å²) in [5, 5.41) is 10.8. The second kappa shape index (κ2) is 5.44. The minimum Gasteiger partial charge on any atom is -0.437 e. The summed E-state index contributed by atoms with van der Waals surface area (Å²) in [5.41, 5.74) is 2.04. The molecule has 3 aromatic rings. The molecule has 0 radical (unpaired) electrons. The van der Waals surface area contributed by atoms with E-state index in [1.807, 2.05) is 13.8 Å². The Morgan fingerprint density at radius 3 is 2.82 bits per heavy atom. The Hall–Kier alpha value is -2.96. The maximum Gasteiger partial charge on any atom is 0.273 e. The molecule has 7 nitrogen and oxygen atoms in total. The molecule has 0 spiro atoms. The van der Waals surface area contributed by atoms with Gasteiger partial charge in [-0.2, -0.15) is 0 Å². The summed E-state index contributed by atoms with van der Waals surface area (Å²) in [6.45, 7) is 3.97. The van der Waals surface area contributed by atoms with Crippen molar-refractivity contribution in [2.24, 2.45) is 0 Å². The van der Waals surface area contributed by atoms with E-state index >= 15 is 0 Å². The van der Waals surface area contributed by atoms with Crippen LogP contribution in [0.3, 0.4) is 0 Å². The van der Waals surface area contributed by atoms with Gasteiger partial charge in [-0.05, 0) is 12.1 Å². The first-order valence-corrected chi connectivity index (χ1v) is 6.82. The van der Waals surface area contributed by atoms with Gasteiger partial charge in [-0.15, -0.1) is 0 Å². The van der Waals surface area contributed by atoms with Crippen LogP contribution >= 0.6 is 0 Å². The van der Waals surface area contributed by atoms with E-state index in [0.29, 0.717) is 28.5 Å². The molecule has 0 fully saturated rings. The predicted octanol–water partition coefficient (Wildman–Crippen LogP) is 3.78. The van der Waals surface area contributed by atoms with Crippen LogP contribution < -0.4 is 4.74 Å². The summed E-state index contributed by atoms with van der Waals surface area (Å²) in [6.07, 6.45) is 1.76. The molecular weight excluding hydrogens is 284 g/mol. The number of nitrogens with zero attached hydrogens (tertiary/aromatic N) is 3. The minimum atomic E-state index is -0.461. The average Bonchev–Trinajstić information content (AvgIpc) is 2.93. The lowest BCUT2D eigenvalue weighted by atomic mass is 10.1. The summed E-state index contributed by atoms with van der Waals surface area (Å²) in [6, 6.07) is 7.81. The zero-order valence-electron chi connectivity index (χ0n) is 12.1. The molecule has 0 aliphatic rings. The van der Waals surface area contributed by atoms with E-state index in [-0.39, 0.29) is 11.6 Å². The number of non-ortho nitro benzene ring substituents is 1. The molecule has 0 aliphatic heterocycles. The van der Waals surface area contributed by atoms with Gasteiger partial charge < -0.3 is 9.72 Å². The van der Waals surface area contributed by atoms with Gasteiger partial charge in [0.1, 0.15) is 17.0 Å². The third-order valence-electron chi connectivity index (χ3n) is 3.17. The van der Waals surface area contributed by atoms with Crippen LogP contribution in [0.5, 0.6) is 11.6 Å². The van der Waals surface area contributed by atoms with Crippen molar-refractivity contribution in [1.82, 2.24) is 15.0 Å². The molecule has 0 saturated heterocycles. The van der Waals surface area contributed by atoms with Crippen LogP contribution in [-0.2, 0) is 0 Å². The molecule has 1 N–H and O–H groups in total. The summed E-state index contributed by atoms with van der Waals surface area (Å²) < 4.78 is 5.75. The number of benzene rings is 1. The molecule has 1 aromatic carbocycles. The van der Waals surface area contributed by atoms with E-state index in [9.17, 15) is 10.1 Å². The third kappa shape index (κ3) is 2.60. The zero-order valence-corrected chi connectivity index (χ0v) is 12.1. The smallest absolute Gasteiger partial charge is 0.273 e. The quantitative estimate of drug-likeness (QED) is 0.584. The fourth-order valence-electron chi connectivity index (χ4n) is 2.09. The predicted molar refractivity (Wildman–Crippen MR) is 81.1 cm³/mol. The van der Waals surface area contributed by atoms with Gasteiger partial charge in [-0.25, -0.2) is 9.97 Å². The van der Waals surface area contributed by atoms with Crippen molar-refractivity contribution in [2.75, 3.05) is 0 Å². The van der Waals surface area contributed by atoms with Crippen molar-refractivity contribution in [1.29, 1.82) is 0 Å². The highest BCUT2D eigenvalue weighted by atomic mass is 16.6. The molecule has 2 heterocycles. The van der Waals surface area contributed by atoms with Crippen LogP contribution in [0.25, 0.3) is 11.2 Å². The van der Waals surface area contributed by atoms with Gasteiger partial charge >= 0.3 is 0 Å². The maximum absolute atomic E-state index is 10.8. The molecule has 0 amide bonds. The summed E-state index contributed by atoms with van der Waals surface area (Å²) in [7, 11) is 0. The van der Waals surface area contributed by atoms with Crippen molar-refractivity contribution in [3.63, 3.8) is 0 Å². The lowest BCUT2D eigenvalue weighted by molar-refractivity contribution is -0.384. The van der Waals surface area contributed by atoms with Crippen molar-refractivity contribution in [3.8, 4) is 11.6 Å². The first kappa shape index (κ1) is 14.0. The maximum atomic E-state index is 10.8. The van der Waals surface area contributed by atoms with E-state index in [1.54, 1.807) is 24.4 Å². The highest BCUT2D eigenvalue weighted by Gasteiger charge is 2.16. The fourth-order valence-corrected chi connectivity index (χ4v) is 2.09. The molecule has 2 aromatic heterocycles. The number of aromatic nitrogens is 3. The second-order valence-electron chi connectivity index (χ2n) is 5.14. The van der Waals surface area contributed by atoms with Gasteiger partial charge in [-0.3, -0.25) is 10.1 Å². The third-order valence-corrected chi connectivity index (χ3v) is 3.17. The van der Waals surface area contributed by atoms with E-state index in [2.05, 4.69) is 15.0 Å². The number of ether oxygens (including phenoxy) is 1. The van der Waals surface area contributed by atoms with Gasteiger partial charge in [0, 0.05) is 18.2 Å². The van der Waals surface area contributed by atoms with Crippen LogP contribution in [0.1, 0.15) is 25.5 Å². The Bertz CT molecular complexity index is 842. The summed E-state index contributed by atoms with van der Waals surface area (Å²) in [4.78, 5) is 22.3. The summed E-state index contributed by atoms with van der Waals surface area (Å²) in [5.74, 6) is 0.830. The SMILES string of the molecule is CC(C)c1nc2[nH]ccc2nc1Oc1cccc([N+](=O)[O-])c1. The number of nitro benzene ring substituents is 1. The monoisotopic (exact) mass is 298 g/mol. The van der Waals surface area contributed by atoms with Crippen molar-refractivity contribution in [3.05, 3.63) is 52.3 Å². The standard InChI is InChI=1S/C15H14N4O3/c1-9(2)13-15(17-12-6-7-16-14(12)18-13)22-11-5-3-4-10(8-11)19(20)21/h3-9H,1-2H3,(H,16,18). The van der Waals surface area contributed by atoms with Crippen LogP contribution in [-0.4, -0.2) is 19.9 Å². The van der Waals surface area contributed by atoms with Crippen molar-refractivity contribution in [2.45, 2.75) is 19.8 Å². The molecule has 0 aliphatic carbocycles. The first-order valence-electron chi connectivity index (χ1n) is 6.82. The average molecular weight is 298 g/mol. The molecule has 0 unspecified atom stereocenters. The highest BCUT2D eigenvalue weighted by molar-refractivity contribution is 5.71. The highest BCUT2D eigenvalue weighted by Crippen LogP contribution is 2.30. The fraction of sp³-hybridized carbons (Fsp3) is 0.200. The van der Waals surface area contributed by atoms with Gasteiger partial charge in [0.25, 0.3) is 5.69 Å². The molecule has 0 atom stereocenters.